The minimum Gasteiger partial charge on any atom is -0.370 e. The maximum absolute atomic E-state index is 12.8. The van der Waals surface area contributed by atoms with E-state index in [1.54, 1.807) is 10.4 Å². The van der Waals surface area contributed by atoms with E-state index in [-0.39, 0.29) is 0 Å². The zero-order valence-corrected chi connectivity index (χ0v) is 18.2. The van der Waals surface area contributed by atoms with Crippen LogP contribution in [0.4, 0.5) is 5.69 Å². The van der Waals surface area contributed by atoms with Crippen molar-refractivity contribution in [2.45, 2.75) is 55.7 Å². The Morgan fingerprint density at radius 2 is 1.86 bits per heavy atom. The van der Waals surface area contributed by atoms with Crippen molar-refractivity contribution < 1.29 is 8.42 Å². The van der Waals surface area contributed by atoms with Gasteiger partial charge in [-0.25, -0.2) is 13.4 Å². The maximum atomic E-state index is 12.8. The second kappa shape index (κ2) is 8.85. The van der Waals surface area contributed by atoms with E-state index in [0.717, 1.165) is 42.7 Å². The number of guanidine groups is 1. The second-order valence-corrected chi connectivity index (χ2v) is 11.0. The summed E-state index contributed by atoms with van der Waals surface area (Å²) in [7, 11) is -3.38. The minimum atomic E-state index is -3.38. The van der Waals surface area contributed by atoms with Crippen molar-refractivity contribution in [1.82, 2.24) is 4.31 Å². The molecule has 4 rings (SSSR count). The van der Waals surface area contributed by atoms with Gasteiger partial charge in [-0.2, -0.15) is 4.31 Å². The smallest absolute Gasteiger partial charge is 0.252 e. The molecule has 0 atom stereocenters. The van der Waals surface area contributed by atoms with Crippen LogP contribution in [0.2, 0.25) is 0 Å². The summed E-state index contributed by atoms with van der Waals surface area (Å²) in [6.45, 7) is 1.60. The molecule has 0 saturated carbocycles. The van der Waals surface area contributed by atoms with Crippen molar-refractivity contribution in [2.75, 3.05) is 18.4 Å². The van der Waals surface area contributed by atoms with E-state index in [2.05, 4.69) is 22.4 Å². The fraction of sp³-hybridized carbons (Fsp3) is 0.476. The highest BCUT2D eigenvalue weighted by Crippen LogP contribution is 2.29. The van der Waals surface area contributed by atoms with Crippen molar-refractivity contribution >= 4 is 33.0 Å². The first-order valence-electron chi connectivity index (χ1n) is 10.3. The molecule has 0 amide bonds. The minimum absolute atomic E-state index is 0.359. The van der Waals surface area contributed by atoms with Crippen LogP contribution in [-0.2, 0) is 29.4 Å². The summed E-state index contributed by atoms with van der Waals surface area (Å²) in [5.74, 6) is 0.359. The lowest BCUT2D eigenvalue weighted by molar-refractivity contribution is 0.347. The molecule has 3 N–H and O–H groups in total. The Hall–Kier alpha value is -1.90. The van der Waals surface area contributed by atoms with E-state index in [4.69, 9.17) is 5.73 Å². The van der Waals surface area contributed by atoms with Crippen molar-refractivity contribution in [3.05, 3.63) is 46.3 Å². The van der Waals surface area contributed by atoms with Gasteiger partial charge >= 0.3 is 0 Å². The molecule has 2 heterocycles. The van der Waals surface area contributed by atoms with E-state index in [1.807, 2.05) is 12.1 Å². The summed E-state index contributed by atoms with van der Waals surface area (Å²) < 4.78 is 27.6. The van der Waals surface area contributed by atoms with Crippen molar-refractivity contribution in [1.29, 1.82) is 0 Å². The third-order valence-electron chi connectivity index (χ3n) is 5.61. The number of aliphatic imine (C=N–C) groups is 1. The average Bonchev–Trinajstić information content (AvgIpc) is 3.23. The fourth-order valence-electron chi connectivity index (χ4n) is 4.05. The van der Waals surface area contributed by atoms with E-state index in [0.29, 0.717) is 29.8 Å². The Morgan fingerprint density at radius 1 is 1.07 bits per heavy atom. The Balaban J connectivity index is 1.42. The molecule has 6 nitrogen and oxygen atoms in total. The lowest BCUT2D eigenvalue weighted by Gasteiger charge is -2.25. The van der Waals surface area contributed by atoms with Crippen LogP contribution in [-0.4, -0.2) is 31.8 Å². The first-order valence-corrected chi connectivity index (χ1v) is 12.6. The summed E-state index contributed by atoms with van der Waals surface area (Å²) in [4.78, 5) is 5.32. The molecule has 0 spiro atoms. The zero-order valence-electron chi connectivity index (χ0n) is 16.6. The molecule has 156 valence electrons. The van der Waals surface area contributed by atoms with Crippen LogP contribution < -0.4 is 11.1 Å². The fourth-order valence-corrected chi connectivity index (χ4v) is 7.01. The molecule has 0 bridgehead atoms. The Morgan fingerprint density at radius 3 is 2.69 bits per heavy atom. The summed E-state index contributed by atoms with van der Waals surface area (Å²) >= 11 is 1.28. The third kappa shape index (κ3) is 4.65. The van der Waals surface area contributed by atoms with E-state index in [9.17, 15) is 8.42 Å². The second-order valence-electron chi connectivity index (χ2n) is 7.66. The summed E-state index contributed by atoms with van der Waals surface area (Å²) in [6, 6.07) is 9.81. The molecule has 1 aromatic carbocycles. The third-order valence-corrected chi connectivity index (χ3v) is 9.05. The lowest BCUT2D eigenvalue weighted by Crippen LogP contribution is -2.35. The zero-order chi connectivity index (χ0) is 20.3. The lowest BCUT2D eigenvalue weighted by atomic mass is 9.90. The highest BCUT2D eigenvalue weighted by atomic mass is 32.2. The molecule has 1 aromatic heterocycles. The molecule has 0 radical (unpaired) electrons. The van der Waals surface area contributed by atoms with Crippen LogP contribution >= 0.6 is 11.3 Å². The van der Waals surface area contributed by atoms with Crippen LogP contribution in [0, 0.1) is 0 Å². The molecule has 2 aliphatic rings. The van der Waals surface area contributed by atoms with Gasteiger partial charge in [0.05, 0.1) is 6.54 Å². The number of piperidine rings is 1. The molecule has 29 heavy (non-hydrogen) atoms. The van der Waals surface area contributed by atoms with Gasteiger partial charge in [0.2, 0.25) is 0 Å². The quantitative estimate of drug-likeness (QED) is 0.557. The number of nitrogens with zero attached hydrogens (tertiary/aromatic N) is 2. The molecule has 1 aliphatic heterocycles. The van der Waals surface area contributed by atoms with E-state index >= 15 is 0 Å². The van der Waals surface area contributed by atoms with Crippen LogP contribution in [0.25, 0.3) is 0 Å². The highest BCUT2D eigenvalue weighted by molar-refractivity contribution is 7.91. The monoisotopic (exact) mass is 432 g/mol. The number of thiophene rings is 1. The number of nitrogens with one attached hydrogen (secondary N) is 1. The average molecular weight is 433 g/mol. The normalized spacial score (nSPS) is 18.4. The molecular weight excluding hydrogens is 404 g/mol. The van der Waals surface area contributed by atoms with Crippen molar-refractivity contribution in [3.63, 3.8) is 0 Å². The number of rotatable bonds is 5. The predicted molar refractivity (Wildman–Crippen MR) is 119 cm³/mol. The molecule has 0 unspecified atom stereocenters. The van der Waals surface area contributed by atoms with Crippen molar-refractivity contribution in [2.24, 2.45) is 10.7 Å². The Labute approximate surface area is 176 Å². The van der Waals surface area contributed by atoms with Gasteiger partial charge in [0.15, 0.2) is 5.96 Å². The van der Waals surface area contributed by atoms with E-state index in [1.165, 1.54) is 35.3 Å². The van der Waals surface area contributed by atoms with Gasteiger partial charge in [-0.05, 0) is 67.9 Å². The molecule has 1 aliphatic carbocycles. The summed E-state index contributed by atoms with van der Waals surface area (Å²) in [5.41, 5.74) is 9.87. The maximum Gasteiger partial charge on any atom is 0.252 e. The first-order chi connectivity index (χ1) is 14.0. The molecule has 2 aromatic rings. The van der Waals surface area contributed by atoms with Gasteiger partial charge in [-0.1, -0.05) is 18.6 Å². The summed E-state index contributed by atoms with van der Waals surface area (Å²) in [5, 5.41) is 3.23. The standard InChI is InChI=1S/C21H28N4O2S2/c22-21(24-19-10-6-8-16-7-2-3-9-18(16)19)23-15-17-11-12-20(28-17)29(26,27)25-13-4-1-5-14-25/h6,8,10-12H,1-5,7,9,13-15H2,(H3,22,23,24). The number of nitrogens with two attached hydrogens (primary N) is 1. The van der Waals surface area contributed by atoms with Crippen LogP contribution in [0.1, 0.15) is 48.1 Å². The number of benzene rings is 1. The molecule has 1 fully saturated rings. The number of anilines is 1. The first kappa shape index (κ1) is 20.4. The van der Waals surface area contributed by atoms with Gasteiger partial charge < -0.3 is 11.1 Å². The van der Waals surface area contributed by atoms with Crippen LogP contribution in [0.3, 0.4) is 0 Å². The van der Waals surface area contributed by atoms with Gasteiger partial charge in [-0.15, -0.1) is 11.3 Å². The Kier molecular flexibility index (Phi) is 6.22. The van der Waals surface area contributed by atoms with Gasteiger partial charge in [-0.3, -0.25) is 0 Å². The topological polar surface area (TPSA) is 87.8 Å². The Bertz CT molecular complexity index is 992. The molecule has 8 heteroatoms. The predicted octanol–water partition coefficient (Wildman–Crippen LogP) is 3.73. The molecule has 1 saturated heterocycles. The van der Waals surface area contributed by atoms with Gasteiger partial charge in [0.1, 0.15) is 4.21 Å². The van der Waals surface area contributed by atoms with Crippen LogP contribution in [0.5, 0.6) is 0 Å². The van der Waals surface area contributed by atoms with Crippen LogP contribution in [0.15, 0.2) is 39.5 Å². The number of fused-ring (bicyclic) bond motifs is 1. The van der Waals surface area contributed by atoms with Gasteiger partial charge in [0, 0.05) is 23.7 Å². The molecular formula is C21H28N4O2S2. The SMILES string of the molecule is NC(=NCc1ccc(S(=O)(=O)N2CCCCC2)s1)Nc1cccc2c1CCCC2. The number of hydrogen-bond acceptors (Lipinski definition) is 4. The van der Waals surface area contributed by atoms with E-state index < -0.39 is 10.0 Å². The number of hydrogen-bond donors (Lipinski definition) is 2. The number of aryl methyl sites for hydroxylation is 1. The van der Waals surface area contributed by atoms with Gasteiger partial charge in [0.25, 0.3) is 10.0 Å². The largest absolute Gasteiger partial charge is 0.370 e. The summed E-state index contributed by atoms with van der Waals surface area (Å²) in [6.07, 6.45) is 7.60. The number of sulfonamides is 1. The highest BCUT2D eigenvalue weighted by Gasteiger charge is 2.27. The van der Waals surface area contributed by atoms with Crippen molar-refractivity contribution in [3.8, 4) is 0 Å².